The first-order valence-electron chi connectivity index (χ1n) is 5.46. The van der Waals surface area contributed by atoms with Crippen molar-refractivity contribution in [2.75, 3.05) is 13.1 Å². The summed E-state index contributed by atoms with van der Waals surface area (Å²) < 4.78 is 0. The second kappa shape index (κ2) is 3.02. The monoisotopic (exact) mass is 167 g/mol. The van der Waals surface area contributed by atoms with Gasteiger partial charge in [0.05, 0.1) is 0 Å². The minimum absolute atomic E-state index is 0.679. The van der Waals surface area contributed by atoms with Crippen LogP contribution in [0.25, 0.3) is 0 Å². The molecule has 0 bridgehead atoms. The Labute approximate surface area is 75.9 Å². The fourth-order valence-corrected chi connectivity index (χ4v) is 3.33. The van der Waals surface area contributed by atoms with E-state index >= 15 is 0 Å². The Morgan fingerprint density at radius 2 is 2.00 bits per heavy atom. The maximum atomic E-state index is 3.56. The third-order valence-corrected chi connectivity index (χ3v) is 4.40. The predicted octanol–water partition coefficient (Wildman–Crippen LogP) is 2.42. The molecule has 1 heteroatoms. The quantitative estimate of drug-likeness (QED) is 0.584. The fraction of sp³-hybridized carbons (Fsp3) is 1.00. The zero-order valence-electron chi connectivity index (χ0n) is 8.40. The summed E-state index contributed by atoms with van der Waals surface area (Å²) in [6.07, 6.45) is 5.88. The molecule has 1 saturated heterocycles. The summed E-state index contributed by atoms with van der Waals surface area (Å²) in [5, 5.41) is 3.56. The van der Waals surface area contributed by atoms with Crippen molar-refractivity contribution in [3.8, 4) is 0 Å². The fourth-order valence-electron chi connectivity index (χ4n) is 3.33. The Hall–Kier alpha value is -0.0400. The van der Waals surface area contributed by atoms with Crippen LogP contribution in [-0.4, -0.2) is 13.1 Å². The van der Waals surface area contributed by atoms with E-state index in [1.165, 1.54) is 38.8 Å². The lowest BCUT2D eigenvalue weighted by Gasteiger charge is -2.42. The average Bonchev–Trinajstić information content (AvgIpc) is 2.41. The lowest BCUT2D eigenvalue weighted by molar-refractivity contribution is 0.0854. The summed E-state index contributed by atoms with van der Waals surface area (Å²) in [5.41, 5.74) is 0.679. The Morgan fingerprint density at radius 3 is 2.58 bits per heavy atom. The number of rotatable bonds is 0. The van der Waals surface area contributed by atoms with E-state index in [2.05, 4.69) is 19.2 Å². The van der Waals surface area contributed by atoms with Crippen LogP contribution >= 0.6 is 0 Å². The maximum Gasteiger partial charge on any atom is 0.00135 e. The molecule has 0 aromatic heterocycles. The van der Waals surface area contributed by atoms with E-state index in [9.17, 15) is 0 Å². The summed E-state index contributed by atoms with van der Waals surface area (Å²) in [7, 11) is 0. The van der Waals surface area contributed by atoms with Gasteiger partial charge in [-0.15, -0.1) is 0 Å². The number of hydrogen-bond donors (Lipinski definition) is 1. The van der Waals surface area contributed by atoms with Crippen LogP contribution in [-0.2, 0) is 0 Å². The lowest BCUT2D eigenvalue weighted by atomic mass is 9.62. The molecule has 3 atom stereocenters. The predicted molar refractivity (Wildman–Crippen MR) is 52.1 cm³/mol. The van der Waals surface area contributed by atoms with Crippen molar-refractivity contribution < 1.29 is 0 Å². The molecule has 70 valence electrons. The molecule has 2 rings (SSSR count). The van der Waals surface area contributed by atoms with Gasteiger partial charge in [-0.3, -0.25) is 0 Å². The van der Waals surface area contributed by atoms with Gasteiger partial charge in [-0.2, -0.15) is 0 Å². The molecule has 1 nitrogen and oxygen atoms in total. The van der Waals surface area contributed by atoms with Crippen molar-refractivity contribution in [1.82, 2.24) is 5.32 Å². The van der Waals surface area contributed by atoms with E-state index in [-0.39, 0.29) is 0 Å². The average molecular weight is 167 g/mol. The number of hydrogen-bond acceptors (Lipinski definition) is 1. The molecule has 0 amide bonds. The summed E-state index contributed by atoms with van der Waals surface area (Å²) in [5.74, 6) is 1.86. The molecule has 0 radical (unpaired) electrons. The minimum atomic E-state index is 0.679. The summed E-state index contributed by atoms with van der Waals surface area (Å²) >= 11 is 0. The van der Waals surface area contributed by atoms with E-state index < -0.39 is 0 Å². The SMILES string of the molecule is CC1CCCCC12CNCC2C. The van der Waals surface area contributed by atoms with Crippen LogP contribution in [0.15, 0.2) is 0 Å². The highest BCUT2D eigenvalue weighted by Crippen LogP contribution is 2.48. The second-order valence-electron chi connectivity index (χ2n) is 4.91. The topological polar surface area (TPSA) is 12.0 Å². The highest BCUT2D eigenvalue weighted by molar-refractivity contribution is 4.97. The standard InChI is InChI=1S/C11H21N/c1-9-5-3-4-6-11(9)8-12-7-10(11)2/h9-10,12H,3-8H2,1-2H3. The van der Waals surface area contributed by atoms with E-state index in [1.54, 1.807) is 0 Å². The van der Waals surface area contributed by atoms with Crippen molar-refractivity contribution in [3.63, 3.8) is 0 Å². The van der Waals surface area contributed by atoms with Gasteiger partial charge in [0.15, 0.2) is 0 Å². The smallest absolute Gasteiger partial charge is 0.00135 e. The molecule has 1 heterocycles. The van der Waals surface area contributed by atoms with E-state index in [0.29, 0.717) is 5.41 Å². The number of nitrogens with one attached hydrogen (secondary N) is 1. The van der Waals surface area contributed by atoms with Crippen LogP contribution in [0.5, 0.6) is 0 Å². The molecule has 3 unspecified atom stereocenters. The van der Waals surface area contributed by atoms with E-state index in [4.69, 9.17) is 0 Å². The Bertz CT molecular complexity index is 166. The largest absolute Gasteiger partial charge is 0.316 e. The van der Waals surface area contributed by atoms with Gasteiger partial charge in [-0.05, 0) is 30.2 Å². The molecule has 0 aromatic rings. The highest BCUT2D eigenvalue weighted by atomic mass is 14.9. The summed E-state index contributed by atoms with van der Waals surface area (Å²) in [6, 6.07) is 0. The van der Waals surface area contributed by atoms with Crippen molar-refractivity contribution in [2.45, 2.75) is 39.5 Å². The summed E-state index contributed by atoms with van der Waals surface area (Å²) in [4.78, 5) is 0. The third-order valence-electron chi connectivity index (χ3n) is 4.40. The molecule has 1 spiro atoms. The highest BCUT2D eigenvalue weighted by Gasteiger charge is 2.45. The molecule has 2 fully saturated rings. The van der Waals surface area contributed by atoms with Crippen LogP contribution in [0.1, 0.15) is 39.5 Å². The maximum absolute atomic E-state index is 3.56. The summed E-state index contributed by atoms with van der Waals surface area (Å²) in [6.45, 7) is 7.43. The Balaban J connectivity index is 2.15. The molecule has 1 aliphatic carbocycles. The van der Waals surface area contributed by atoms with Crippen molar-refractivity contribution in [2.24, 2.45) is 17.3 Å². The molecular formula is C11H21N. The second-order valence-corrected chi connectivity index (χ2v) is 4.91. The van der Waals surface area contributed by atoms with Crippen LogP contribution in [0.4, 0.5) is 0 Å². The van der Waals surface area contributed by atoms with Gasteiger partial charge in [0.1, 0.15) is 0 Å². The van der Waals surface area contributed by atoms with Crippen LogP contribution in [0, 0.1) is 17.3 Å². The molecule has 1 N–H and O–H groups in total. The zero-order valence-corrected chi connectivity index (χ0v) is 8.40. The third kappa shape index (κ3) is 1.10. The van der Waals surface area contributed by atoms with E-state index in [1.807, 2.05) is 0 Å². The molecule has 2 aliphatic rings. The lowest BCUT2D eigenvalue weighted by Crippen LogP contribution is -2.38. The first-order chi connectivity index (χ1) is 5.76. The van der Waals surface area contributed by atoms with Crippen LogP contribution < -0.4 is 5.32 Å². The van der Waals surface area contributed by atoms with Gasteiger partial charge in [-0.1, -0.05) is 33.1 Å². The van der Waals surface area contributed by atoms with Gasteiger partial charge in [-0.25, -0.2) is 0 Å². The molecular weight excluding hydrogens is 146 g/mol. The molecule has 12 heavy (non-hydrogen) atoms. The van der Waals surface area contributed by atoms with Crippen molar-refractivity contribution in [1.29, 1.82) is 0 Å². The van der Waals surface area contributed by atoms with E-state index in [0.717, 1.165) is 11.8 Å². The first-order valence-corrected chi connectivity index (χ1v) is 5.46. The van der Waals surface area contributed by atoms with Crippen LogP contribution in [0.3, 0.4) is 0 Å². The van der Waals surface area contributed by atoms with Gasteiger partial charge in [0.25, 0.3) is 0 Å². The minimum Gasteiger partial charge on any atom is -0.316 e. The normalized spacial score (nSPS) is 48.5. The van der Waals surface area contributed by atoms with Gasteiger partial charge < -0.3 is 5.32 Å². The molecule has 1 saturated carbocycles. The van der Waals surface area contributed by atoms with Gasteiger partial charge in [0.2, 0.25) is 0 Å². The Kier molecular flexibility index (Phi) is 2.16. The van der Waals surface area contributed by atoms with Crippen LogP contribution in [0.2, 0.25) is 0 Å². The van der Waals surface area contributed by atoms with Gasteiger partial charge >= 0.3 is 0 Å². The zero-order chi connectivity index (χ0) is 8.60. The van der Waals surface area contributed by atoms with Gasteiger partial charge in [0, 0.05) is 6.54 Å². The molecule has 0 aromatic carbocycles. The first kappa shape index (κ1) is 8.55. The van der Waals surface area contributed by atoms with Crippen molar-refractivity contribution in [3.05, 3.63) is 0 Å². The van der Waals surface area contributed by atoms with Crippen molar-refractivity contribution >= 4 is 0 Å². The Morgan fingerprint density at radius 1 is 1.17 bits per heavy atom. The molecule has 1 aliphatic heterocycles.